The molecule has 1 amide bonds. The van der Waals surface area contributed by atoms with Crippen LogP contribution in [0.3, 0.4) is 0 Å². The maximum atomic E-state index is 12.7. The molecule has 0 fully saturated rings. The molecule has 1 N–H and O–H groups in total. The summed E-state index contributed by atoms with van der Waals surface area (Å²) in [4.78, 5) is 16.8. The van der Waals surface area contributed by atoms with Crippen molar-refractivity contribution in [3.8, 4) is 22.6 Å². The van der Waals surface area contributed by atoms with Gasteiger partial charge in [-0.25, -0.2) is 0 Å². The summed E-state index contributed by atoms with van der Waals surface area (Å²) >= 11 is 0. The molecule has 27 heavy (non-hydrogen) atoms. The Morgan fingerprint density at radius 2 is 1.67 bits per heavy atom. The SMILES string of the molecule is Cc1cc(-c2ccncc2)cc(C)c1NC(=O)C1COc2ccccc2O1. The van der Waals surface area contributed by atoms with Crippen molar-refractivity contribution in [2.45, 2.75) is 20.0 Å². The molecule has 0 aliphatic carbocycles. The van der Waals surface area contributed by atoms with Crippen LogP contribution in [0.5, 0.6) is 11.5 Å². The van der Waals surface area contributed by atoms with Gasteiger partial charge in [-0.3, -0.25) is 9.78 Å². The lowest BCUT2D eigenvalue weighted by Crippen LogP contribution is -2.40. The number of aromatic nitrogens is 1. The third-order valence-corrected chi connectivity index (χ3v) is 4.60. The summed E-state index contributed by atoms with van der Waals surface area (Å²) < 4.78 is 11.4. The molecule has 1 aromatic heterocycles. The number of nitrogens with one attached hydrogen (secondary N) is 1. The second-order valence-corrected chi connectivity index (χ2v) is 6.57. The van der Waals surface area contributed by atoms with Crippen molar-refractivity contribution >= 4 is 11.6 Å². The maximum Gasteiger partial charge on any atom is 0.269 e. The molecule has 0 radical (unpaired) electrons. The number of hydrogen-bond acceptors (Lipinski definition) is 4. The molecular weight excluding hydrogens is 340 g/mol. The smallest absolute Gasteiger partial charge is 0.269 e. The van der Waals surface area contributed by atoms with Gasteiger partial charge in [0, 0.05) is 18.1 Å². The third kappa shape index (κ3) is 3.49. The summed E-state index contributed by atoms with van der Waals surface area (Å²) in [5.74, 6) is 1.04. The van der Waals surface area contributed by atoms with Crippen LogP contribution in [0.15, 0.2) is 60.9 Å². The molecule has 1 aliphatic heterocycles. The van der Waals surface area contributed by atoms with Crippen molar-refractivity contribution in [1.82, 2.24) is 4.98 Å². The lowest BCUT2D eigenvalue weighted by atomic mass is 9.99. The second-order valence-electron chi connectivity index (χ2n) is 6.57. The van der Waals surface area contributed by atoms with Crippen LogP contribution in [0.25, 0.3) is 11.1 Å². The first kappa shape index (κ1) is 17.1. The Labute approximate surface area is 158 Å². The Kier molecular flexibility index (Phi) is 4.50. The Morgan fingerprint density at radius 3 is 2.37 bits per heavy atom. The monoisotopic (exact) mass is 360 g/mol. The third-order valence-electron chi connectivity index (χ3n) is 4.60. The van der Waals surface area contributed by atoms with E-state index in [-0.39, 0.29) is 12.5 Å². The van der Waals surface area contributed by atoms with Gasteiger partial charge in [0.2, 0.25) is 6.10 Å². The first-order valence-corrected chi connectivity index (χ1v) is 8.83. The Bertz CT molecular complexity index is 963. The van der Waals surface area contributed by atoms with E-state index in [4.69, 9.17) is 9.47 Å². The molecule has 5 nitrogen and oxygen atoms in total. The normalized spacial score (nSPS) is 15.3. The predicted molar refractivity (Wildman–Crippen MR) is 104 cm³/mol. The highest BCUT2D eigenvalue weighted by molar-refractivity contribution is 5.96. The molecule has 0 spiro atoms. The summed E-state index contributed by atoms with van der Waals surface area (Å²) in [6.45, 7) is 4.16. The van der Waals surface area contributed by atoms with Crippen molar-refractivity contribution in [3.05, 3.63) is 72.1 Å². The number of fused-ring (bicyclic) bond motifs is 1. The molecule has 136 valence electrons. The van der Waals surface area contributed by atoms with Gasteiger partial charge in [-0.2, -0.15) is 0 Å². The number of aryl methyl sites for hydroxylation is 2. The zero-order valence-corrected chi connectivity index (χ0v) is 15.2. The van der Waals surface area contributed by atoms with Crippen molar-refractivity contribution < 1.29 is 14.3 Å². The van der Waals surface area contributed by atoms with Crippen LogP contribution < -0.4 is 14.8 Å². The first-order valence-electron chi connectivity index (χ1n) is 8.83. The second kappa shape index (κ2) is 7.11. The van der Waals surface area contributed by atoms with E-state index in [2.05, 4.69) is 22.4 Å². The van der Waals surface area contributed by atoms with E-state index in [1.54, 1.807) is 18.5 Å². The van der Waals surface area contributed by atoms with Gasteiger partial charge in [0.05, 0.1) is 0 Å². The molecule has 5 heteroatoms. The minimum Gasteiger partial charge on any atom is -0.485 e. The number of carbonyl (C=O) groups excluding carboxylic acids is 1. The highest BCUT2D eigenvalue weighted by Crippen LogP contribution is 2.32. The van der Waals surface area contributed by atoms with E-state index in [1.165, 1.54) is 0 Å². The molecule has 0 saturated heterocycles. The molecule has 1 aliphatic rings. The largest absolute Gasteiger partial charge is 0.485 e. The van der Waals surface area contributed by atoms with Gasteiger partial charge in [0.25, 0.3) is 5.91 Å². The van der Waals surface area contributed by atoms with Gasteiger partial charge >= 0.3 is 0 Å². The fourth-order valence-corrected chi connectivity index (χ4v) is 3.22. The van der Waals surface area contributed by atoms with E-state index in [9.17, 15) is 4.79 Å². The molecule has 3 aromatic rings. The van der Waals surface area contributed by atoms with Crippen molar-refractivity contribution in [2.75, 3.05) is 11.9 Å². The number of amides is 1. The van der Waals surface area contributed by atoms with E-state index in [1.807, 2.05) is 44.2 Å². The summed E-state index contributed by atoms with van der Waals surface area (Å²) in [5.41, 5.74) is 4.98. The van der Waals surface area contributed by atoms with E-state index in [0.29, 0.717) is 11.5 Å². The number of ether oxygens (including phenoxy) is 2. The van der Waals surface area contributed by atoms with Gasteiger partial charge in [0.15, 0.2) is 11.5 Å². The van der Waals surface area contributed by atoms with Crippen LogP contribution in [0.4, 0.5) is 5.69 Å². The number of rotatable bonds is 3. The minimum atomic E-state index is -0.682. The zero-order chi connectivity index (χ0) is 18.8. The highest BCUT2D eigenvalue weighted by Gasteiger charge is 2.28. The number of nitrogens with zero attached hydrogens (tertiary/aromatic N) is 1. The number of anilines is 1. The lowest BCUT2D eigenvalue weighted by Gasteiger charge is -2.26. The predicted octanol–water partition coefficient (Wildman–Crippen LogP) is 4.14. The molecule has 2 aromatic carbocycles. The first-order chi connectivity index (χ1) is 13.1. The molecular formula is C22H20N2O3. The molecule has 1 unspecified atom stereocenters. The topological polar surface area (TPSA) is 60.5 Å². The molecule has 0 saturated carbocycles. The van der Waals surface area contributed by atoms with Gasteiger partial charge < -0.3 is 14.8 Å². The summed E-state index contributed by atoms with van der Waals surface area (Å²) in [6.07, 6.45) is 2.86. The molecule has 0 bridgehead atoms. The number of para-hydroxylation sites is 2. The van der Waals surface area contributed by atoms with Crippen molar-refractivity contribution in [2.24, 2.45) is 0 Å². The van der Waals surface area contributed by atoms with Crippen LogP contribution in [0.1, 0.15) is 11.1 Å². The minimum absolute atomic E-state index is 0.191. The Balaban J connectivity index is 1.54. The molecule has 4 rings (SSSR count). The average Bonchev–Trinajstić information content (AvgIpc) is 2.70. The van der Waals surface area contributed by atoms with Gasteiger partial charge in [-0.05, 0) is 72.5 Å². The Morgan fingerprint density at radius 1 is 1.00 bits per heavy atom. The fourth-order valence-electron chi connectivity index (χ4n) is 3.22. The summed E-state index contributed by atoms with van der Waals surface area (Å²) in [7, 11) is 0. The Hall–Kier alpha value is -3.34. The fraction of sp³-hybridized carbons (Fsp3) is 0.182. The summed E-state index contributed by atoms with van der Waals surface area (Å²) in [5, 5.41) is 3.00. The van der Waals surface area contributed by atoms with Crippen molar-refractivity contribution in [3.63, 3.8) is 0 Å². The maximum absolute atomic E-state index is 12.7. The quantitative estimate of drug-likeness (QED) is 0.762. The molecule has 1 atom stereocenters. The van der Waals surface area contributed by atoms with E-state index in [0.717, 1.165) is 27.9 Å². The number of benzene rings is 2. The summed E-state index contributed by atoms with van der Waals surface area (Å²) in [6, 6.07) is 15.4. The highest BCUT2D eigenvalue weighted by atomic mass is 16.6. The van der Waals surface area contributed by atoms with Crippen LogP contribution in [0.2, 0.25) is 0 Å². The van der Waals surface area contributed by atoms with Gasteiger partial charge in [-0.15, -0.1) is 0 Å². The lowest BCUT2D eigenvalue weighted by molar-refractivity contribution is -0.125. The molecule has 2 heterocycles. The van der Waals surface area contributed by atoms with E-state index < -0.39 is 6.10 Å². The van der Waals surface area contributed by atoms with Gasteiger partial charge in [-0.1, -0.05) is 12.1 Å². The van der Waals surface area contributed by atoms with Crippen LogP contribution in [-0.2, 0) is 4.79 Å². The standard InChI is InChI=1S/C22H20N2O3/c1-14-11-17(16-7-9-23-10-8-16)12-15(2)21(14)24-22(25)20-13-26-18-5-3-4-6-19(18)27-20/h3-12,20H,13H2,1-2H3,(H,24,25). The van der Waals surface area contributed by atoms with E-state index >= 15 is 0 Å². The zero-order valence-electron chi connectivity index (χ0n) is 15.2. The van der Waals surface area contributed by atoms with Crippen LogP contribution in [0, 0.1) is 13.8 Å². The van der Waals surface area contributed by atoms with Crippen LogP contribution in [-0.4, -0.2) is 23.6 Å². The number of pyridine rings is 1. The average molecular weight is 360 g/mol. The van der Waals surface area contributed by atoms with Gasteiger partial charge in [0.1, 0.15) is 6.61 Å². The van der Waals surface area contributed by atoms with Crippen LogP contribution >= 0.6 is 0 Å². The van der Waals surface area contributed by atoms with Crippen molar-refractivity contribution in [1.29, 1.82) is 0 Å². The number of hydrogen-bond donors (Lipinski definition) is 1. The number of carbonyl (C=O) groups is 1.